The summed E-state index contributed by atoms with van der Waals surface area (Å²) < 4.78 is 11.3. The summed E-state index contributed by atoms with van der Waals surface area (Å²) in [4.78, 5) is 18.9. The van der Waals surface area contributed by atoms with Gasteiger partial charge in [0.1, 0.15) is 5.75 Å². The quantitative estimate of drug-likeness (QED) is 0.269. The fourth-order valence-corrected chi connectivity index (χ4v) is 3.58. The van der Waals surface area contributed by atoms with Crippen LogP contribution in [0.4, 0.5) is 0 Å². The van der Waals surface area contributed by atoms with E-state index in [9.17, 15) is 4.79 Å². The van der Waals surface area contributed by atoms with Crippen LogP contribution in [0.15, 0.2) is 29.3 Å². The molecule has 0 unspecified atom stereocenters. The van der Waals surface area contributed by atoms with Gasteiger partial charge in [-0.25, -0.2) is 0 Å². The summed E-state index contributed by atoms with van der Waals surface area (Å²) >= 11 is 0. The van der Waals surface area contributed by atoms with Gasteiger partial charge in [0.2, 0.25) is 0 Å². The Morgan fingerprint density at radius 1 is 1.13 bits per heavy atom. The van der Waals surface area contributed by atoms with Crippen molar-refractivity contribution in [1.82, 2.24) is 15.5 Å². The van der Waals surface area contributed by atoms with Crippen molar-refractivity contribution in [3.8, 4) is 5.75 Å². The fraction of sp³-hybridized carbons (Fsp3) is 0.652. The number of carbonyl (C=O) groups excluding carboxylic acids is 1. The summed E-state index contributed by atoms with van der Waals surface area (Å²) in [6.07, 6.45) is 5.53. The Hall–Kier alpha value is -1.55. The van der Waals surface area contributed by atoms with Gasteiger partial charge in [0.05, 0.1) is 6.10 Å². The van der Waals surface area contributed by atoms with E-state index in [0.717, 1.165) is 76.6 Å². The maximum atomic E-state index is 11.7. The molecular weight excluding hydrogens is 507 g/mol. The number of aliphatic imine (C=N–C) groups is 1. The number of nitrogens with zero attached hydrogens (tertiary/aromatic N) is 2. The van der Waals surface area contributed by atoms with Gasteiger partial charge in [-0.3, -0.25) is 9.79 Å². The Morgan fingerprint density at radius 3 is 2.45 bits per heavy atom. The van der Waals surface area contributed by atoms with Gasteiger partial charge in [-0.05, 0) is 63.6 Å². The van der Waals surface area contributed by atoms with E-state index in [1.54, 1.807) is 0 Å². The highest BCUT2D eigenvalue weighted by Crippen LogP contribution is 2.18. The highest BCUT2D eigenvalue weighted by atomic mass is 127. The molecule has 1 aliphatic carbocycles. The van der Waals surface area contributed by atoms with Crippen LogP contribution in [0, 0.1) is 0 Å². The minimum atomic E-state index is -0.0443. The first kappa shape index (κ1) is 25.7. The number of piperidine rings is 1. The van der Waals surface area contributed by atoms with E-state index in [1.807, 2.05) is 24.3 Å². The molecule has 1 aliphatic heterocycles. The molecule has 1 saturated heterocycles. The third-order valence-corrected chi connectivity index (χ3v) is 5.38. The molecule has 0 aromatic heterocycles. The largest absolute Gasteiger partial charge is 0.484 e. The second-order valence-electron chi connectivity index (χ2n) is 7.90. The van der Waals surface area contributed by atoms with Crippen LogP contribution in [0.3, 0.4) is 0 Å². The molecule has 2 aliphatic rings. The van der Waals surface area contributed by atoms with Crippen LogP contribution in [0.1, 0.15) is 45.1 Å². The predicted octanol–water partition coefficient (Wildman–Crippen LogP) is 2.97. The molecule has 3 rings (SSSR count). The van der Waals surface area contributed by atoms with Crippen molar-refractivity contribution >= 4 is 35.8 Å². The highest BCUT2D eigenvalue weighted by Gasteiger charge is 2.23. The normalized spacial score (nSPS) is 17.1. The first-order chi connectivity index (χ1) is 14.7. The first-order valence-electron chi connectivity index (χ1n) is 11.3. The van der Waals surface area contributed by atoms with Crippen LogP contribution in [0.2, 0.25) is 0 Å². The number of nitrogens with one attached hydrogen (secondary N) is 2. The summed E-state index contributed by atoms with van der Waals surface area (Å²) in [7, 11) is 0. The summed E-state index contributed by atoms with van der Waals surface area (Å²) in [5.74, 6) is 1.67. The van der Waals surface area contributed by atoms with Crippen LogP contribution in [0.25, 0.3) is 0 Å². The molecule has 7 nitrogen and oxygen atoms in total. The Labute approximate surface area is 203 Å². The fourth-order valence-electron chi connectivity index (χ4n) is 3.58. The molecule has 8 heteroatoms. The Bertz CT molecular complexity index is 687. The van der Waals surface area contributed by atoms with E-state index in [-0.39, 0.29) is 36.5 Å². The molecule has 0 atom stereocenters. The number of likely N-dealkylation sites (tertiary alicyclic amines) is 1. The van der Waals surface area contributed by atoms with Crippen LogP contribution >= 0.6 is 24.0 Å². The summed E-state index contributed by atoms with van der Waals surface area (Å²) in [6.45, 7) is 8.59. The lowest BCUT2D eigenvalue weighted by atomic mass is 10.1. The minimum Gasteiger partial charge on any atom is -0.484 e. The van der Waals surface area contributed by atoms with E-state index in [0.29, 0.717) is 12.1 Å². The SMILES string of the molecule is CCNC(=NCCc1ccc(OCC(=O)NC2CC2)cc1)N1CCC(OCC)CC1.I. The molecule has 31 heavy (non-hydrogen) atoms. The molecule has 1 aromatic carbocycles. The zero-order valence-electron chi connectivity index (χ0n) is 18.8. The van der Waals surface area contributed by atoms with Crippen molar-refractivity contribution in [2.24, 2.45) is 4.99 Å². The lowest BCUT2D eigenvalue weighted by molar-refractivity contribution is -0.123. The van der Waals surface area contributed by atoms with E-state index >= 15 is 0 Å². The van der Waals surface area contributed by atoms with Crippen molar-refractivity contribution in [3.05, 3.63) is 29.8 Å². The van der Waals surface area contributed by atoms with E-state index in [2.05, 4.69) is 29.4 Å². The second-order valence-corrected chi connectivity index (χ2v) is 7.90. The number of hydrogen-bond acceptors (Lipinski definition) is 4. The van der Waals surface area contributed by atoms with Gasteiger partial charge in [-0.15, -0.1) is 24.0 Å². The van der Waals surface area contributed by atoms with Gasteiger partial charge in [0, 0.05) is 38.8 Å². The number of carbonyl (C=O) groups is 1. The first-order valence-corrected chi connectivity index (χ1v) is 11.3. The zero-order valence-corrected chi connectivity index (χ0v) is 21.1. The lowest BCUT2D eigenvalue weighted by Crippen LogP contribution is -2.47. The molecule has 2 fully saturated rings. The third kappa shape index (κ3) is 9.22. The number of halogens is 1. The van der Waals surface area contributed by atoms with Gasteiger partial charge >= 0.3 is 0 Å². The molecule has 0 bridgehead atoms. The van der Waals surface area contributed by atoms with E-state index in [4.69, 9.17) is 14.5 Å². The predicted molar refractivity (Wildman–Crippen MR) is 134 cm³/mol. The molecule has 1 saturated carbocycles. The number of ether oxygens (including phenoxy) is 2. The number of amides is 1. The van der Waals surface area contributed by atoms with Gasteiger partial charge < -0.3 is 25.0 Å². The van der Waals surface area contributed by atoms with Gasteiger partial charge in [0.25, 0.3) is 5.91 Å². The van der Waals surface area contributed by atoms with Crippen molar-refractivity contribution in [2.45, 2.75) is 58.1 Å². The van der Waals surface area contributed by atoms with Gasteiger partial charge in [-0.1, -0.05) is 12.1 Å². The van der Waals surface area contributed by atoms with Crippen molar-refractivity contribution in [1.29, 1.82) is 0 Å². The number of rotatable bonds is 10. The smallest absolute Gasteiger partial charge is 0.258 e. The monoisotopic (exact) mass is 544 g/mol. The van der Waals surface area contributed by atoms with E-state index in [1.165, 1.54) is 5.56 Å². The Kier molecular flexibility index (Phi) is 11.4. The van der Waals surface area contributed by atoms with Crippen LogP contribution in [-0.2, 0) is 16.0 Å². The van der Waals surface area contributed by atoms with Gasteiger partial charge in [0.15, 0.2) is 12.6 Å². The van der Waals surface area contributed by atoms with Crippen LogP contribution in [0.5, 0.6) is 5.75 Å². The average Bonchev–Trinajstić information content (AvgIpc) is 3.57. The molecule has 1 amide bonds. The van der Waals surface area contributed by atoms with Crippen molar-refractivity contribution in [2.75, 3.05) is 39.4 Å². The molecule has 2 N–H and O–H groups in total. The second kappa shape index (κ2) is 13.8. The minimum absolute atomic E-state index is 0. The number of guanidine groups is 1. The number of hydrogen-bond donors (Lipinski definition) is 2. The maximum Gasteiger partial charge on any atom is 0.258 e. The van der Waals surface area contributed by atoms with E-state index < -0.39 is 0 Å². The summed E-state index contributed by atoms with van der Waals surface area (Å²) in [6, 6.07) is 8.31. The zero-order chi connectivity index (χ0) is 21.2. The summed E-state index contributed by atoms with van der Waals surface area (Å²) in [5, 5.41) is 6.34. The van der Waals surface area contributed by atoms with Crippen molar-refractivity contribution < 1.29 is 14.3 Å². The topological polar surface area (TPSA) is 75.2 Å². The molecule has 1 heterocycles. The third-order valence-electron chi connectivity index (χ3n) is 5.38. The standard InChI is InChI=1S/C23H36N4O3.HI/c1-3-24-23(27-15-12-21(13-16-27)29-4-2)25-14-11-18-5-9-20(10-6-18)30-17-22(28)26-19-7-8-19;/h5-6,9-10,19,21H,3-4,7-8,11-17H2,1-2H3,(H,24,25)(H,26,28);1H. The summed E-state index contributed by atoms with van der Waals surface area (Å²) in [5.41, 5.74) is 1.21. The molecular formula is C23H37IN4O3. The highest BCUT2D eigenvalue weighted by molar-refractivity contribution is 14.0. The molecule has 1 aromatic rings. The molecule has 174 valence electrons. The van der Waals surface area contributed by atoms with Gasteiger partial charge in [-0.2, -0.15) is 0 Å². The molecule has 0 spiro atoms. The Balaban J connectivity index is 0.00000341. The molecule has 0 radical (unpaired) electrons. The van der Waals surface area contributed by atoms with Crippen molar-refractivity contribution in [3.63, 3.8) is 0 Å². The lowest BCUT2D eigenvalue weighted by Gasteiger charge is -2.34. The number of benzene rings is 1. The maximum absolute atomic E-state index is 11.7. The van der Waals surface area contributed by atoms with Crippen LogP contribution in [-0.4, -0.2) is 68.3 Å². The Morgan fingerprint density at radius 2 is 1.84 bits per heavy atom. The average molecular weight is 544 g/mol. The van der Waals surface area contributed by atoms with Crippen LogP contribution < -0.4 is 15.4 Å².